The molecular weight excluding hydrogens is 259 g/mol. The first kappa shape index (κ1) is 12.3. The molecule has 5 nitrogen and oxygen atoms in total. The molecule has 0 bridgehead atoms. The number of pyridine rings is 1. The maximum Gasteiger partial charge on any atom is 0.180 e. The minimum absolute atomic E-state index is 0.354. The van der Waals surface area contributed by atoms with Crippen molar-refractivity contribution in [2.24, 2.45) is 0 Å². The number of rotatable bonds is 3. The lowest BCUT2D eigenvalue weighted by molar-refractivity contribution is 0.432. The average molecular weight is 270 g/mol. The van der Waals surface area contributed by atoms with Gasteiger partial charge in [0, 0.05) is 18.9 Å². The summed E-state index contributed by atoms with van der Waals surface area (Å²) in [6.07, 6.45) is 3.19. The first-order chi connectivity index (χ1) is 9.72. The van der Waals surface area contributed by atoms with Crippen LogP contribution in [0.1, 0.15) is 5.56 Å². The molecule has 20 heavy (non-hydrogen) atoms. The van der Waals surface area contributed by atoms with Crippen molar-refractivity contribution in [1.82, 2.24) is 15.0 Å². The molecule has 3 aromatic rings. The van der Waals surface area contributed by atoms with Crippen molar-refractivity contribution in [3.05, 3.63) is 54.1 Å². The van der Waals surface area contributed by atoms with Crippen LogP contribution in [-0.4, -0.2) is 20.1 Å². The van der Waals surface area contributed by atoms with Gasteiger partial charge in [-0.25, -0.2) is 14.4 Å². The molecule has 100 valence electrons. The summed E-state index contributed by atoms with van der Waals surface area (Å²) in [6, 6.07) is 7.85. The molecule has 0 fully saturated rings. The van der Waals surface area contributed by atoms with Gasteiger partial charge >= 0.3 is 0 Å². The molecule has 0 unspecified atom stereocenters. The molecule has 2 aromatic heterocycles. The number of halogens is 1. The number of aromatic hydroxyl groups is 1. The third kappa shape index (κ3) is 2.49. The standard InChI is InChI=1S/C14H11FN4O/c15-10-7-9(1-3-12(10)20)8-18-13-4-2-11-14(19-13)17-6-5-16-11/h1-7,20H,8H2,(H,17,18,19). The summed E-state index contributed by atoms with van der Waals surface area (Å²) in [5, 5.41) is 12.2. The Morgan fingerprint density at radius 2 is 1.95 bits per heavy atom. The van der Waals surface area contributed by atoms with E-state index in [4.69, 9.17) is 5.11 Å². The van der Waals surface area contributed by atoms with Crippen LogP contribution in [-0.2, 0) is 6.54 Å². The van der Waals surface area contributed by atoms with E-state index >= 15 is 0 Å². The Balaban J connectivity index is 1.77. The summed E-state index contributed by atoms with van der Waals surface area (Å²) >= 11 is 0. The Kier molecular flexibility index (Phi) is 3.12. The number of nitrogens with zero attached hydrogens (tertiary/aromatic N) is 3. The van der Waals surface area contributed by atoms with Crippen molar-refractivity contribution in [1.29, 1.82) is 0 Å². The molecule has 0 saturated heterocycles. The van der Waals surface area contributed by atoms with Gasteiger partial charge < -0.3 is 10.4 Å². The minimum atomic E-state index is -0.637. The molecule has 0 aliphatic carbocycles. The highest BCUT2D eigenvalue weighted by Crippen LogP contribution is 2.17. The average Bonchev–Trinajstić information content (AvgIpc) is 2.48. The Hall–Kier alpha value is -2.76. The third-order valence-corrected chi connectivity index (χ3v) is 2.82. The number of benzene rings is 1. The zero-order chi connectivity index (χ0) is 13.9. The number of nitrogens with one attached hydrogen (secondary N) is 1. The number of anilines is 1. The lowest BCUT2D eigenvalue weighted by Crippen LogP contribution is -2.02. The highest BCUT2D eigenvalue weighted by atomic mass is 19.1. The van der Waals surface area contributed by atoms with Crippen LogP contribution in [0, 0.1) is 5.82 Å². The van der Waals surface area contributed by atoms with Crippen LogP contribution < -0.4 is 5.32 Å². The molecule has 0 radical (unpaired) electrons. The molecule has 1 aromatic carbocycles. The molecule has 6 heteroatoms. The van der Waals surface area contributed by atoms with Crippen LogP contribution in [0.15, 0.2) is 42.7 Å². The fraction of sp³-hybridized carbons (Fsp3) is 0.0714. The quantitative estimate of drug-likeness (QED) is 0.765. The third-order valence-electron chi connectivity index (χ3n) is 2.82. The van der Waals surface area contributed by atoms with Gasteiger partial charge in [0.2, 0.25) is 0 Å². The Morgan fingerprint density at radius 3 is 2.80 bits per heavy atom. The second kappa shape index (κ2) is 5.08. The van der Waals surface area contributed by atoms with E-state index in [-0.39, 0.29) is 5.75 Å². The van der Waals surface area contributed by atoms with Crippen molar-refractivity contribution in [2.45, 2.75) is 6.54 Å². The van der Waals surface area contributed by atoms with E-state index < -0.39 is 5.82 Å². The van der Waals surface area contributed by atoms with Crippen molar-refractivity contribution in [2.75, 3.05) is 5.32 Å². The van der Waals surface area contributed by atoms with E-state index in [1.165, 1.54) is 12.1 Å². The number of aromatic nitrogens is 3. The maximum atomic E-state index is 13.2. The van der Waals surface area contributed by atoms with Crippen LogP contribution in [0.4, 0.5) is 10.2 Å². The largest absolute Gasteiger partial charge is 0.505 e. The predicted molar refractivity (Wildman–Crippen MR) is 72.7 cm³/mol. The van der Waals surface area contributed by atoms with Crippen LogP contribution >= 0.6 is 0 Å². The summed E-state index contributed by atoms with van der Waals surface area (Å²) in [4.78, 5) is 12.6. The van der Waals surface area contributed by atoms with Crippen LogP contribution in [0.25, 0.3) is 11.2 Å². The molecule has 0 aliphatic heterocycles. The normalized spacial score (nSPS) is 10.7. The van der Waals surface area contributed by atoms with Crippen LogP contribution in [0.2, 0.25) is 0 Å². The number of hydrogen-bond acceptors (Lipinski definition) is 5. The molecule has 0 saturated carbocycles. The van der Waals surface area contributed by atoms with E-state index in [1.54, 1.807) is 24.5 Å². The van der Waals surface area contributed by atoms with Gasteiger partial charge in [-0.2, -0.15) is 0 Å². The van der Waals surface area contributed by atoms with Gasteiger partial charge in [-0.05, 0) is 29.8 Å². The number of phenolic OH excluding ortho intramolecular Hbond substituents is 1. The molecule has 0 spiro atoms. The number of hydrogen-bond donors (Lipinski definition) is 2. The van der Waals surface area contributed by atoms with Gasteiger partial charge in [0.15, 0.2) is 17.2 Å². The summed E-state index contributed by atoms with van der Waals surface area (Å²) in [5.41, 5.74) is 1.98. The lowest BCUT2D eigenvalue weighted by atomic mass is 10.2. The maximum absolute atomic E-state index is 13.2. The van der Waals surface area contributed by atoms with Gasteiger partial charge in [-0.3, -0.25) is 4.98 Å². The fourth-order valence-corrected chi connectivity index (χ4v) is 1.81. The van der Waals surface area contributed by atoms with Crippen molar-refractivity contribution < 1.29 is 9.50 Å². The van der Waals surface area contributed by atoms with E-state index in [1.807, 2.05) is 6.07 Å². The summed E-state index contributed by atoms with van der Waals surface area (Å²) in [6.45, 7) is 0.399. The van der Waals surface area contributed by atoms with E-state index in [9.17, 15) is 4.39 Å². The van der Waals surface area contributed by atoms with Crippen molar-refractivity contribution >= 4 is 17.0 Å². The zero-order valence-electron chi connectivity index (χ0n) is 10.4. The van der Waals surface area contributed by atoms with Gasteiger partial charge in [0.25, 0.3) is 0 Å². The van der Waals surface area contributed by atoms with Crippen molar-refractivity contribution in [3.8, 4) is 5.75 Å². The van der Waals surface area contributed by atoms with Gasteiger partial charge in [-0.1, -0.05) is 6.07 Å². The second-order valence-electron chi connectivity index (χ2n) is 4.23. The molecular formula is C14H11FN4O. The first-order valence-corrected chi connectivity index (χ1v) is 6.01. The first-order valence-electron chi connectivity index (χ1n) is 6.01. The Bertz CT molecular complexity index is 763. The van der Waals surface area contributed by atoms with Gasteiger partial charge in [0.1, 0.15) is 11.3 Å². The molecule has 0 atom stereocenters. The van der Waals surface area contributed by atoms with Gasteiger partial charge in [0.05, 0.1) is 0 Å². The van der Waals surface area contributed by atoms with E-state index in [2.05, 4.69) is 20.3 Å². The monoisotopic (exact) mass is 270 g/mol. The SMILES string of the molecule is Oc1ccc(CNc2ccc3nccnc3n2)cc1F. The highest BCUT2D eigenvalue weighted by molar-refractivity contribution is 5.71. The highest BCUT2D eigenvalue weighted by Gasteiger charge is 2.03. The summed E-state index contributed by atoms with van der Waals surface area (Å²) < 4.78 is 13.2. The topological polar surface area (TPSA) is 70.9 Å². The molecule has 2 heterocycles. The van der Waals surface area contributed by atoms with Gasteiger partial charge in [-0.15, -0.1) is 0 Å². The van der Waals surface area contributed by atoms with Crippen LogP contribution in [0.3, 0.4) is 0 Å². The lowest BCUT2D eigenvalue weighted by Gasteiger charge is -2.06. The molecule has 0 aliphatic rings. The van der Waals surface area contributed by atoms with E-state index in [0.717, 1.165) is 0 Å². The smallest absolute Gasteiger partial charge is 0.180 e. The Morgan fingerprint density at radius 1 is 1.10 bits per heavy atom. The molecule has 3 rings (SSSR count). The minimum Gasteiger partial charge on any atom is -0.505 e. The second-order valence-corrected chi connectivity index (χ2v) is 4.23. The van der Waals surface area contributed by atoms with Crippen LogP contribution in [0.5, 0.6) is 5.75 Å². The number of phenols is 1. The number of fused-ring (bicyclic) bond motifs is 1. The molecule has 0 amide bonds. The molecule has 2 N–H and O–H groups in total. The summed E-state index contributed by atoms with van der Waals surface area (Å²) in [5.74, 6) is -0.360. The van der Waals surface area contributed by atoms with Crippen molar-refractivity contribution in [3.63, 3.8) is 0 Å². The Labute approximate surface area is 114 Å². The fourth-order valence-electron chi connectivity index (χ4n) is 1.81. The zero-order valence-corrected chi connectivity index (χ0v) is 10.4. The summed E-state index contributed by atoms with van der Waals surface area (Å²) in [7, 11) is 0. The predicted octanol–water partition coefficient (Wildman–Crippen LogP) is 2.48. The van der Waals surface area contributed by atoms with E-state index in [0.29, 0.717) is 29.1 Å².